The molecule has 0 radical (unpaired) electrons. The molecule has 0 aromatic heterocycles. The van der Waals surface area contributed by atoms with Gasteiger partial charge in [0.1, 0.15) is 90.0 Å². The number of urea groups is 2. The van der Waals surface area contributed by atoms with Crippen LogP contribution in [0.5, 0.6) is 11.5 Å². The van der Waals surface area contributed by atoms with Crippen LogP contribution in [0.25, 0.3) is 10.8 Å². The normalized spacial score (nSPS) is 20.2. The van der Waals surface area contributed by atoms with Gasteiger partial charge in [0, 0.05) is 83.0 Å². The Morgan fingerprint density at radius 2 is 0.846 bits per heavy atom. The fraction of sp³-hybridized carbons (Fsp3) is 0.517. The molecule has 54 heteroatoms. The highest BCUT2D eigenvalue weighted by atomic mass is 33.1. The van der Waals surface area contributed by atoms with Gasteiger partial charge in [-0.05, 0) is 174 Å². The number of carboxylic acid groups (broad SMARTS) is 1. The second kappa shape index (κ2) is 61.6. The molecule has 0 aliphatic carbocycles. The summed E-state index contributed by atoms with van der Waals surface area (Å²) in [5.74, 6) is -18.3. The van der Waals surface area contributed by atoms with E-state index in [0.717, 1.165) is 31.9 Å². The Balaban J connectivity index is 1.73. The summed E-state index contributed by atoms with van der Waals surface area (Å²) in [5, 5.41) is 190. The number of benzene rings is 4. The molecule has 2 aliphatic heterocycles. The molecule has 784 valence electrons. The summed E-state index contributed by atoms with van der Waals surface area (Å²) in [6, 6.07) is -1.94. The van der Waals surface area contributed by atoms with Crippen molar-refractivity contribution in [3.05, 3.63) is 108 Å². The minimum Gasteiger partial charge on any atom is -0.508 e. The molecule has 143 heavy (non-hydrogen) atoms. The first-order valence-electron chi connectivity index (χ1n) is 46.4. The Morgan fingerprint density at radius 3 is 1.33 bits per heavy atom. The minimum absolute atomic E-state index is 0.00558. The molecule has 1 saturated heterocycles. The van der Waals surface area contributed by atoms with Crippen molar-refractivity contribution in [1.29, 1.82) is 21.6 Å². The number of aromatic hydroxyl groups is 2. The van der Waals surface area contributed by atoms with Gasteiger partial charge < -0.3 is 166 Å². The minimum atomic E-state index is -1.88. The second-order valence-corrected chi connectivity index (χ2v) is 36.2. The van der Waals surface area contributed by atoms with Gasteiger partial charge in [-0.3, -0.25) is 55.2 Å². The van der Waals surface area contributed by atoms with E-state index in [4.69, 9.17) is 73.2 Å². The molecule has 14 atom stereocenters. The standard InChI is InChI=1S/C89H136N32O20S2/c90-34-4-3-15-57-74(130)115-62(32-33-69(124)125)83(139)121-41-11-21-68(121)82(138)118-64(44-49-25-30-54(123)31-26-49)78(134)114-59(18-8-38-106-87(99)100)73(129)112-61(20-10-40-108-89(102)141)76(132)119-66(80(136)109-56(70(92)126)16-6-36-104-85(95)96)46-142-143-47-67(81(137)117-63(43-48-23-28-53(122)29-24-48)77(133)113-60(72(128)111-57)19-9-39-107-88(101)140)120-79(135)65(45-50-22-27-51-12-1-2-13-52(51)42-50)116-75(131)58(17-7-37-105-86(97)98)110-71(127)55(91)14-5-35-103-84(93)94/h1-2,12-13,22-31,42,55-68,122-123H,3-11,14-21,32-41,43-47,90-91H2,(H2,92,126)(H,109,136)(H,110,127)(H,111,128)(H,112,129)(H,113,133)(H,114,134)(H,115,130)(H,116,131)(H,117,137)(H,118,138)(H,119,132)(H,120,135)(H,124,125)(H4,93,94,103)(H4,95,96,104)(H4,97,98,105)(H4,99,100,106)(H3,101,107,140)(H3,102,108,141)/t55-,56-,57?,58+,59-,60?,61-,62?,63-,64-,65-,66-,67?,68+/m1/s1. The number of nitrogens with two attached hydrogens (primary N) is 9. The zero-order valence-corrected chi connectivity index (χ0v) is 80.6. The number of aliphatic imine (C=N–C) groups is 8. The number of primary amides is 3. The number of unbranched alkanes of at least 4 members (excludes halogenated alkanes) is 1. The topological polar surface area (TPSA) is 928 Å². The van der Waals surface area contributed by atoms with Gasteiger partial charge in [0.2, 0.25) is 82.6 Å². The Morgan fingerprint density at radius 1 is 0.427 bits per heavy atom. The van der Waals surface area contributed by atoms with E-state index in [0.29, 0.717) is 16.5 Å². The molecule has 0 bridgehead atoms. The monoisotopic (exact) mass is 2040 g/mol. The molecule has 43 N–H and O–H groups in total. The molecule has 2 aliphatic rings. The van der Waals surface area contributed by atoms with E-state index in [-0.39, 0.29) is 197 Å². The molecular weight excluding hydrogens is 1900 g/mol. The largest absolute Gasteiger partial charge is 0.508 e. The Hall–Kier alpha value is -15.0. The van der Waals surface area contributed by atoms with E-state index >= 15 is 19.2 Å². The van der Waals surface area contributed by atoms with E-state index in [1.807, 2.05) is 6.07 Å². The van der Waals surface area contributed by atoms with Crippen LogP contribution in [0, 0.1) is 21.6 Å². The predicted molar refractivity (Wildman–Crippen MR) is 547 cm³/mol. The van der Waals surface area contributed by atoms with E-state index in [1.54, 1.807) is 36.4 Å². The van der Waals surface area contributed by atoms with Crippen molar-refractivity contribution in [2.24, 2.45) is 91.5 Å². The van der Waals surface area contributed by atoms with Crippen molar-refractivity contribution in [2.45, 2.75) is 226 Å². The number of nitrogens with one attached hydrogen (secondary N) is 14. The number of carboxylic acids is 1. The number of aliphatic carboxylic acids is 1. The van der Waals surface area contributed by atoms with Crippen molar-refractivity contribution in [3.63, 3.8) is 0 Å². The number of fused-ring (bicyclic) bond motifs is 2. The van der Waals surface area contributed by atoms with Crippen molar-refractivity contribution in [1.82, 2.24) is 58.1 Å². The third-order valence-corrected chi connectivity index (χ3v) is 24.8. The van der Waals surface area contributed by atoms with Crippen LogP contribution < -0.4 is 105 Å². The van der Waals surface area contributed by atoms with Crippen LogP contribution in [0.4, 0.5) is 9.59 Å². The maximum Gasteiger partial charge on any atom is 0.312 e. The van der Waals surface area contributed by atoms with E-state index in [2.05, 4.69) is 93.1 Å². The van der Waals surface area contributed by atoms with Gasteiger partial charge in [0.25, 0.3) is 0 Å². The van der Waals surface area contributed by atoms with Crippen LogP contribution in [0.3, 0.4) is 0 Å². The highest BCUT2D eigenvalue weighted by Gasteiger charge is 2.40. The molecular formula is C89H136N32O20S2. The SMILES string of the molecule is N=C(N)NCCC[C@@H](N)C(=O)N[C@@H](CCCNC(=N)N)C(=O)N[C@H](Cc1ccc2ccccc2c1)C(=O)NC1CSSC[C@H](C(=O)N[C@H](CCCNC(=N)N)C(N)=O)N=C(O)[C@@H](CCCNC(N)=O)N=C(O)[C@@H](CCCNC(=N)N)N=C(O)[C@@H](Cc2ccc(O)cc2)N=C(O)[C@@H]2CCCN2C(=O)C(CCC(=O)O)N=C(O)C(CCCCN)N=C(O)C(CCCNC(N)=O)N=C(O)[C@@H](Cc2ccc(O)cc2)N=C1O. The summed E-state index contributed by atoms with van der Waals surface area (Å²) in [6.45, 7) is -0.380. The van der Waals surface area contributed by atoms with Crippen molar-refractivity contribution in [2.75, 3.05) is 63.9 Å². The lowest BCUT2D eigenvalue weighted by Gasteiger charge is -2.27. The molecule has 0 saturated carbocycles. The number of carbonyl (C=O) groups excluding carboxylic acids is 8. The number of rotatable bonds is 46. The Kier molecular flexibility index (Phi) is 50.3. The maximum absolute atomic E-state index is 15.9. The quantitative estimate of drug-likeness (QED) is 0.0119. The van der Waals surface area contributed by atoms with Crippen LogP contribution in [-0.2, 0) is 52.8 Å². The van der Waals surface area contributed by atoms with Crippen LogP contribution in [0.15, 0.2) is 131 Å². The number of hydrogen-bond donors (Lipinski definition) is 34. The van der Waals surface area contributed by atoms with Crippen LogP contribution >= 0.6 is 21.6 Å². The second-order valence-electron chi connectivity index (χ2n) is 33.7. The van der Waals surface area contributed by atoms with Gasteiger partial charge in [0.05, 0.1) is 6.04 Å². The first-order valence-corrected chi connectivity index (χ1v) is 48.8. The molecule has 52 nitrogen and oxygen atoms in total. The van der Waals surface area contributed by atoms with Crippen molar-refractivity contribution >= 4 is 157 Å². The first-order chi connectivity index (χ1) is 68.1. The van der Waals surface area contributed by atoms with Crippen LogP contribution in [0.2, 0.25) is 0 Å². The molecule has 1 fully saturated rings. The van der Waals surface area contributed by atoms with Crippen LogP contribution in [-0.4, -0.2) is 334 Å². The average molecular weight is 2040 g/mol. The highest BCUT2D eigenvalue weighted by Crippen LogP contribution is 2.29. The number of carbonyl (C=O) groups is 9. The van der Waals surface area contributed by atoms with E-state index in [1.165, 1.54) is 48.5 Å². The number of hydrogen-bond acceptors (Lipinski definition) is 27. The maximum atomic E-state index is 15.9. The smallest absolute Gasteiger partial charge is 0.312 e. The van der Waals surface area contributed by atoms with Gasteiger partial charge in [-0.25, -0.2) is 49.5 Å². The number of phenolic OH excluding ortho intramolecular Hbond substituents is 2. The number of aliphatic hydroxyl groups excluding tert-OH is 8. The molecule has 4 aromatic rings. The van der Waals surface area contributed by atoms with Crippen molar-refractivity contribution < 1.29 is 99.3 Å². The number of nitrogens with zero attached hydrogens (tertiary/aromatic N) is 9. The molecule has 2 heterocycles. The number of aliphatic hydroxyl groups is 8. The number of guanidine groups is 4. The lowest BCUT2D eigenvalue weighted by Crippen LogP contribution is -2.58. The third-order valence-electron chi connectivity index (χ3n) is 22.4. The first kappa shape index (κ1) is 117. The number of phenols is 2. The molecule has 0 spiro atoms. The average Bonchev–Trinajstić information content (AvgIpc) is 1.69. The summed E-state index contributed by atoms with van der Waals surface area (Å²) in [7, 11) is 1.54. The molecule has 6 rings (SSSR count). The van der Waals surface area contributed by atoms with E-state index < -0.39 is 234 Å². The van der Waals surface area contributed by atoms with E-state index in [9.17, 15) is 80.1 Å². The lowest BCUT2D eigenvalue weighted by atomic mass is 10.00. The third kappa shape index (κ3) is 43.3. The summed E-state index contributed by atoms with van der Waals surface area (Å²) < 4.78 is 0. The van der Waals surface area contributed by atoms with Gasteiger partial charge >= 0.3 is 18.0 Å². The Labute approximate surface area is 832 Å². The Bertz CT molecular complexity index is 5190. The summed E-state index contributed by atoms with van der Waals surface area (Å²) in [5.41, 5.74) is 52.5. The summed E-state index contributed by atoms with van der Waals surface area (Å²) in [6.07, 6.45) is -3.47. The summed E-state index contributed by atoms with van der Waals surface area (Å²) in [4.78, 5) is 163. The van der Waals surface area contributed by atoms with Gasteiger partial charge in [-0.1, -0.05) is 88.3 Å². The van der Waals surface area contributed by atoms with Gasteiger partial charge in [-0.2, -0.15) is 0 Å². The number of amides is 10. The van der Waals surface area contributed by atoms with Crippen molar-refractivity contribution in [3.8, 4) is 11.5 Å². The molecule has 10 amide bonds. The fourth-order valence-corrected chi connectivity index (χ4v) is 17.1. The lowest BCUT2D eigenvalue weighted by molar-refractivity contribution is -0.138. The van der Waals surface area contributed by atoms with Gasteiger partial charge in [-0.15, -0.1) is 0 Å². The zero-order valence-electron chi connectivity index (χ0n) is 79.0. The molecule has 4 unspecified atom stereocenters. The predicted octanol–water partition coefficient (Wildman–Crippen LogP) is -0.0386. The fourth-order valence-electron chi connectivity index (χ4n) is 14.9. The molecule has 4 aromatic carbocycles. The zero-order chi connectivity index (χ0) is 105. The summed E-state index contributed by atoms with van der Waals surface area (Å²) >= 11 is 0. The highest BCUT2D eigenvalue weighted by molar-refractivity contribution is 8.76. The van der Waals surface area contributed by atoms with Gasteiger partial charge in [0.15, 0.2) is 23.8 Å². The van der Waals surface area contributed by atoms with Crippen LogP contribution in [0.1, 0.15) is 139 Å².